The Morgan fingerprint density at radius 1 is 1.35 bits per heavy atom. The van der Waals surface area contributed by atoms with Crippen molar-refractivity contribution < 1.29 is 5.11 Å². The standard InChI is InChI=1S/C12H16Cl2N2O/c1-12(17)3-2-4-16(7-12)11-9(13)5-8(15)6-10(11)14/h5-6,17H,2-4,7,15H2,1H3. The Morgan fingerprint density at radius 3 is 2.47 bits per heavy atom. The molecule has 2 rings (SSSR count). The highest BCUT2D eigenvalue weighted by Gasteiger charge is 2.30. The molecule has 1 heterocycles. The van der Waals surface area contributed by atoms with Crippen LogP contribution in [0.15, 0.2) is 12.1 Å². The van der Waals surface area contributed by atoms with Gasteiger partial charge in [0.05, 0.1) is 21.3 Å². The minimum Gasteiger partial charge on any atom is -0.399 e. The molecule has 1 unspecified atom stereocenters. The molecular formula is C12H16Cl2N2O. The van der Waals surface area contributed by atoms with Crippen molar-refractivity contribution in [2.24, 2.45) is 0 Å². The summed E-state index contributed by atoms with van der Waals surface area (Å²) in [5, 5.41) is 11.2. The molecule has 1 aliphatic rings. The number of nitrogens with two attached hydrogens (primary N) is 1. The molecule has 1 aromatic carbocycles. The molecule has 0 bridgehead atoms. The number of nitrogen functional groups attached to an aromatic ring is 1. The molecule has 3 N–H and O–H groups in total. The van der Waals surface area contributed by atoms with Crippen LogP contribution in [-0.4, -0.2) is 23.8 Å². The van der Waals surface area contributed by atoms with E-state index in [1.165, 1.54) is 0 Å². The SMILES string of the molecule is CC1(O)CCCN(c2c(Cl)cc(N)cc2Cl)C1. The third-order valence-corrected chi connectivity index (χ3v) is 3.61. The molecule has 17 heavy (non-hydrogen) atoms. The molecule has 94 valence electrons. The van der Waals surface area contributed by atoms with Crippen molar-refractivity contribution in [2.45, 2.75) is 25.4 Å². The molecule has 3 nitrogen and oxygen atoms in total. The summed E-state index contributed by atoms with van der Waals surface area (Å²) in [5.41, 5.74) is 6.30. The maximum atomic E-state index is 10.1. The lowest BCUT2D eigenvalue weighted by Crippen LogP contribution is -2.46. The topological polar surface area (TPSA) is 49.5 Å². The first kappa shape index (κ1) is 12.8. The van der Waals surface area contributed by atoms with Crippen molar-refractivity contribution in [3.05, 3.63) is 22.2 Å². The second kappa shape index (κ2) is 4.56. The first-order chi connectivity index (χ1) is 7.89. The molecule has 0 aromatic heterocycles. The number of rotatable bonds is 1. The van der Waals surface area contributed by atoms with Crippen LogP contribution in [0.4, 0.5) is 11.4 Å². The Kier molecular flexibility index (Phi) is 3.43. The molecule has 1 fully saturated rings. The van der Waals surface area contributed by atoms with Gasteiger partial charge >= 0.3 is 0 Å². The lowest BCUT2D eigenvalue weighted by Gasteiger charge is -2.39. The third kappa shape index (κ3) is 2.79. The Bertz CT molecular complexity index is 412. The minimum atomic E-state index is -0.688. The molecule has 0 spiro atoms. The van der Waals surface area contributed by atoms with Crippen LogP contribution < -0.4 is 10.6 Å². The van der Waals surface area contributed by atoms with Gasteiger partial charge in [0, 0.05) is 18.8 Å². The van der Waals surface area contributed by atoms with Gasteiger partial charge in [-0.15, -0.1) is 0 Å². The summed E-state index contributed by atoms with van der Waals surface area (Å²) in [5.74, 6) is 0. The van der Waals surface area contributed by atoms with E-state index in [1.54, 1.807) is 12.1 Å². The molecular weight excluding hydrogens is 259 g/mol. The van der Waals surface area contributed by atoms with Crippen LogP contribution >= 0.6 is 23.2 Å². The van der Waals surface area contributed by atoms with E-state index in [-0.39, 0.29) is 0 Å². The smallest absolute Gasteiger partial charge is 0.0794 e. The van der Waals surface area contributed by atoms with Crippen molar-refractivity contribution >= 4 is 34.6 Å². The lowest BCUT2D eigenvalue weighted by molar-refractivity contribution is 0.0449. The van der Waals surface area contributed by atoms with E-state index in [0.717, 1.165) is 25.1 Å². The fourth-order valence-electron chi connectivity index (χ4n) is 2.30. The van der Waals surface area contributed by atoms with E-state index >= 15 is 0 Å². The normalized spacial score (nSPS) is 25.1. The van der Waals surface area contributed by atoms with Crippen LogP contribution in [0.25, 0.3) is 0 Å². The molecule has 1 aliphatic heterocycles. The first-order valence-electron chi connectivity index (χ1n) is 5.61. The van der Waals surface area contributed by atoms with E-state index in [1.807, 2.05) is 11.8 Å². The number of halogens is 2. The van der Waals surface area contributed by atoms with E-state index in [2.05, 4.69) is 0 Å². The quantitative estimate of drug-likeness (QED) is 0.775. The average molecular weight is 275 g/mol. The highest BCUT2D eigenvalue weighted by molar-refractivity contribution is 6.39. The van der Waals surface area contributed by atoms with Gasteiger partial charge in [0.2, 0.25) is 0 Å². The van der Waals surface area contributed by atoms with Crippen LogP contribution in [0.3, 0.4) is 0 Å². The number of hydrogen-bond donors (Lipinski definition) is 2. The largest absolute Gasteiger partial charge is 0.399 e. The number of hydrogen-bond acceptors (Lipinski definition) is 3. The maximum Gasteiger partial charge on any atom is 0.0794 e. The predicted molar refractivity (Wildman–Crippen MR) is 72.9 cm³/mol. The molecule has 0 saturated carbocycles. The van der Waals surface area contributed by atoms with Crippen molar-refractivity contribution in [3.8, 4) is 0 Å². The third-order valence-electron chi connectivity index (χ3n) is 3.03. The summed E-state index contributed by atoms with van der Waals surface area (Å²) < 4.78 is 0. The number of aliphatic hydroxyl groups is 1. The van der Waals surface area contributed by atoms with Gasteiger partial charge in [0.25, 0.3) is 0 Å². The molecule has 1 aromatic rings. The zero-order valence-electron chi connectivity index (χ0n) is 9.71. The summed E-state index contributed by atoms with van der Waals surface area (Å²) in [6.07, 6.45) is 1.72. The number of piperidine rings is 1. The Balaban J connectivity index is 2.34. The van der Waals surface area contributed by atoms with Gasteiger partial charge in [-0.3, -0.25) is 0 Å². The molecule has 0 radical (unpaired) electrons. The van der Waals surface area contributed by atoms with Crippen LogP contribution in [-0.2, 0) is 0 Å². The summed E-state index contributed by atoms with van der Waals surface area (Å²) in [6.45, 7) is 3.22. The monoisotopic (exact) mass is 274 g/mol. The van der Waals surface area contributed by atoms with E-state index in [4.69, 9.17) is 28.9 Å². The van der Waals surface area contributed by atoms with Gasteiger partial charge in [0.1, 0.15) is 0 Å². The van der Waals surface area contributed by atoms with Crippen LogP contribution in [0.2, 0.25) is 10.0 Å². The van der Waals surface area contributed by atoms with Gasteiger partial charge in [-0.1, -0.05) is 23.2 Å². The van der Waals surface area contributed by atoms with Crippen LogP contribution in [0.5, 0.6) is 0 Å². The van der Waals surface area contributed by atoms with E-state index in [9.17, 15) is 5.11 Å². The van der Waals surface area contributed by atoms with Crippen molar-refractivity contribution in [1.29, 1.82) is 0 Å². The van der Waals surface area contributed by atoms with Crippen LogP contribution in [0.1, 0.15) is 19.8 Å². The highest BCUT2D eigenvalue weighted by Crippen LogP contribution is 2.38. The van der Waals surface area contributed by atoms with Gasteiger partial charge in [0.15, 0.2) is 0 Å². The van der Waals surface area contributed by atoms with E-state index < -0.39 is 5.60 Å². The van der Waals surface area contributed by atoms with Gasteiger partial charge < -0.3 is 15.7 Å². The van der Waals surface area contributed by atoms with Crippen molar-refractivity contribution in [2.75, 3.05) is 23.7 Å². The molecule has 5 heteroatoms. The van der Waals surface area contributed by atoms with E-state index in [0.29, 0.717) is 22.3 Å². The Morgan fingerprint density at radius 2 is 1.94 bits per heavy atom. The van der Waals surface area contributed by atoms with Gasteiger partial charge in [-0.05, 0) is 31.9 Å². The highest BCUT2D eigenvalue weighted by atomic mass is 35.5. The summed E-state index contributed by atoms with van der Waals surface area (Å²) in [4.78, 5) is 2.02. The number of benzene rings is 1. The molecule has 1 saturated heterocycles. The zero-order chi connectivity index (χ0) is 12.6. The first-order valence-corrected chi connectivity index (χ1v) is 6.36. The molecule has 0 aliphatic carbocycles. The minimum absolute atomic E-state index is 0.535. The summed E-state index contributed by atoms with van der Waals surface area (Å²) in [6, 6.07) is 3.37. The lowest BCUT2D eigenvalue weighted by atomic mass is 9.95. The Labute approximate surface area is 111 Å². The van der Waals surface area contributed by atoms with Gasteiger partial charge in [-0.25, -0.2) is 0 Å². The van der Waals surface area contributed by atoms with Gasteiger partial charge in [-0.2, -0.15) is 0 Å². The summed E-state index contributed by atoms with van der Waals surface area (Å²) in [7, 11) is 0. The van der Waals surface area contributed by atoms with Crippen molar-refractivity contribution in [3.63, 3.8) is 0 Å². The number of nitrogens with zero attached hydrogens (tertiary/aromatic N) is 1. The second-order valence-corrected chi connectivity index (χ2v) is 5.67. The van der Waals surface area contributed by atoms with Crippen molar-refractivity contribution in [1.82, 2.24) is 0 Å². The number of β-amino-alcohol motifs (C(OH)–C–C–N with tert-alkyl or cyclic N) is 1. The van der Waals surface area contributed by atoms with Crippen LogP contribution in [0, 0.1) is 0 Å². The Hall–Kier alpha value is -0.640. The molecule has 0 amide bonds. The average Bonchev–Trinajstić information content (AvgIpc) is 2.13. The predicted octanol–water partition coefficient (Wildman–Crippen LogP) is 2.93. The summed E-state index contributed by atoms with van der Waals surface area (Å²) >= 11 is 12.3. The fraction of sp³-hybridized carbons (Fsp3) is 0.500. The second-order valence-electron chi connectivity index (χ2n) is 4.86. The molecule has 1 atom stereocenters. The maximum absolute atomic E-state index is 10.1. The number of anilines is 2. The zero-order valence-corrected chi connectivity index (χ0v) is 11.2. The fourth-order valence-corrected chi connectivity index (χ4v) is 3.04.